The first-order valence-electron chi connectivity index (χ1n) is 8.48. The molecule has 0 aliphatic carbocycles. The maximum atomic E-state index is 13.1. The molecule has 3 nitrogen and oxygen atoms in total. The van der Waals surface area contributed by atoms with Crippen LogP contribution in [-0.4, -0.2) is 16.6 Å². The largest absolute Gasteiger partial charge is 0.480 e. The molecule has 0 saturated carbocycles. The first-order valence-corrected chi connectivity index (χ1v) is 8.48. The topological polar surface area (TPSA) is 63.3 Å². The van der Waals surface area contributed by atoms with Gasteiger partial charge in [-0.3, -0.25) is 4.79 Å². The van der Waals surface area contributed by atoms with Gasteiger partial charge >= 0.3 is 18.3 Å². The van der Waals surface area contributed by atoms with Crippen LogP contribution < -0.4 is 5.73 Å². The smallest absolute Gasteiger partial charge is 0.416 e. The van der Waals surface area contributed by atoms with Gasteiger partial charge in [-0.15, -0.1) is 0 Å². The summed E-state index contributed by atoms with van der Waals surface area (Å²) >= 11 is 0. The Balaban J connectivity index is 2.88. The Bertz CT molecular complexity index is 652. The Hall–Kier alpha value is -1.77. The highest BCUT2D eigenvalue weighted by Crippen LogP contribution is 2.38. The number of aryl methyl sites for hydroxylation is 1. The minimum atomic E-state index is -4.89. The van der Waals surface area contributed by atoms with E-state index in [1.54, 1.807) is 0 Å². The Kier molecular flexibility index (Phi) is 7.32. The summed E-state index contributed by atoms with van der Waals surface area (Å²) < 4.78 is 77.5. The molecule has 2 atom stereocenters. The van der Waals surface area contributed by atoms with Crippen LogP contribution in [0.3, 0.4) is 0 Å². The summed E-state index contributed by atoms with van der Waals surface area (Å²) in [7, 11) is 0. The molecule has 0 bridgehead atoms. The SMILES string of the molecule is CCC(CCCc1ccc(C(F)(F)F)cc1C(F)(F)F)CC(C)(N)C(=O)O. The van der Waals surface area contributed by atoms with Crippen LogP contribution in [0, 0.1) is 5.92 Å². The van der Waals surface area contributed by atoms with E-state index in [1.165, 1.54) is 6.92 Å². The van der Waals surface area contributed by atoms with E-state index in [0.29, 0.717) is 18.9 Å². The average Bonchev–Trinajstić information content (AvgIpc) is 2.51. The van der Waals surface area contributed by atoms with Crippen LogP contribution >= 0.6 is 0 Å². The van der Waals surface area contributed by atoms with Gasteiger partial charge in [0.2, 0.25) is 0 Å². The van der Waals surface area contributed by atoms with Gasteiger partial charge < -0.3 is 10.8 Å². The van der Waals surface area contributed by atoms with Crippen LogP contribution in [0.4, 0.5) is 26.3 Å². The predicted octanol–water partition coefficient (Wildman–Crippen LogP) is 5.27. The zero-order valence-electron chi connectivity index (χ0n) is 15.0. The number of benzene rings is 1. The number of hydrogen-bond acceptors (Lipinski definition) is 2. The van der Waals surface area contributed by atoms with E-state index in [0.717, 1.165) is 6.07 Å². The summed E-state index contributed by atoms with van der Waals surface area (Å²) in [5.41, 5.74) is 1.42. The second-order valence-electron chi connectivity index (χ2n) is 6.96. The lowest BCUT2D eigenvalue weighted by atomic mass is 9.84. The van der Waals surface area contributed by atoms with Gasteiger partial charge in [-0.05, 0) is 49.8 Å². The van der Waals surface area contributed by atoms with Gasteiger partial charge in [0.25, 0.3) is 0 Å². The van der Waals surface area contributed by atoms with E-state index in [1.807, 2.05) is 6.92 Å². The van der Waals surface area contributed by atoms with E-state index in [9.17, 15) is 31.1 Å². The lowest BCUT2D eigenvalue weighted by Crippen LogP contribution is -2.46. The molecule has 0 saturated heterocycles. The van der Waals surface area contributed by atoms with Crippen molar-refractivity contribution >= 4 is 5.97 Å². The van der Waals surface area contributed by atoms with Gasteiger partial charge in [0.1, 0.15) is 5.54 Å². The van der Waals surface area contributed by atoms with Gasteiger partial charge in [-0.25, -0.2) is 0 Å². The van der Waals surface area contributed by atoms with E-state index in [4.69, 9.17) is 10.8 Å². The molecule has 0 heterocycles. The lowest BCUT2D eigenvalue weighted by Gasteiger charge is -2.25. The summed E-state index contributed by atoms with van der Waals surface area (Å²) in [6.45, 7) is 3.19. The zero-order valence-corrected chi connectivity index (χ0v) is 15.0. The molecule has 1 aromatic carbocycles. The van der Waals surface area contributed by atoms with Crippen LogP contribution in [0.1, 0.15) is 56.2 Å². The van der Waals surface area contributed by atoms with Crippen LogP contribution in [0.15, 0.2) is 18.2 Å². The summed E-state index contributed by atoms with van der Waals surface area (Å²) in [5.74, 6) is -1.28. The molecule has 9 heteroatoms. The van der Waals surface area contributed by atoms with Crippen molar-refractivity contribution in [3.8, 4) is 0 Å². The second-order valence-corrected chi connectivity index (χ2v) is 6.96. The molecule has 0 radical (unpaired) electrons. The van der Waals surface area contributed by atoms with Crippen molar-refractivity contribution < 1.29 is 36.2 Å². The van der Waals surface area contributed by atoms with Crippen LogP contribution in [0.5, 0.6) is 0 Å². The van der Waals surface area contributed by atoms with Gasteiger partial charge in [0.15, 0.2) is 0 Å². The highest BCUT2D eigenvalue weighted by atomic mass is 19.4. The molecule has 0 fully saturated rings. The molecular weight excluding hydrogens is 376 g/mol. The molecule has 1 rings (SSSR count). The number of alkyl halides is 6. The number of nitrogens with two attached hydrogens (primary N) is 1. The molecule has 154 valence electrons. The molecule has 0 amide bonds. The van der Waals surface area contributed by atoms with Crippen molar-refractivity contribution in [3.05, 3.63) is 34.9 Å². The third-order valence-electron chi connectivity index (χ3n) is 4.58. The monoisotopic (exact) mass is 399 g/mol. The molecule has 0 aliphatic heterocycles. The summed E-state index contributed by atoms with van der Waals surface area (Å²) in [6.07, 6.45) is -8.33. The third kappa shape index (κ3) is 6.71. The Labute approximate surface area is 153 Å². The molecule has 0 aromatic heterocycles. The minimum absolute atomic E-state index is 0.0577. The fourth-order valence-corrected chi connectivity index (χ4v) is 2.95. The van der Waals surface area contributed by atoms with Crippen molar-refractivity contribution in [1.29, 1.82) is 0 Å². The Morgan fingerprint density at radius 3 is 2.19 bits per heavy atom. The molecule has 0 spiro atoms. The predicted molar refractivity (Wildman–Crippen MR) is 88.0 cm³/mol. The lowest BCUT2D eigenvalue weighted by molar-refractivity contribution is -0.144. The molecule has 3 N–H and O–H groups in total. The zero-order chi connectivity index (χ0) is 21.0. The standard InChI is InChI=1S/C18H23F6NO2/c1-3-11(10-16(2,25)15(26)27)5-4-6-12-7-8-13(17(19,20)21)9-14(12)18(22,23)24/h7-9,11H,3-6,10,25H2,1-2H3,(H,26,27). The van der Waals surface area contributed by atoms with Crippen LogP contribution in [0.25, 0.3) is 0 Å². The molecule has 2 unspecified atom stereocenters. The molecular formula is C18H23F6NO2. The number of hydrogen-bond donors (Lipinski definition) is 2. The minimum Gasteiger partial charge on any atom is -0.480 e. The summed E-state index contributed by atoms with van der Waals surface area (Å²) in [6, 6.07) is 1.63. The third-order valence-corrected chi connectivity index (χ3v) is 4.58. The number of halogens is 6. The van der Waals surface area contributed by atoms with E-state index in [2.05, 4.69) is 0 Å². The number of carboxylic acids is 1. The van der Waals surface area contributed by atoms with Crippen molar-refractivity contribution in [2.24, 2.45) is 11.7 Å². The average molecular weight is 399 g/mol. The highest BCUT2D eigenvalue weighted by molar-refractivity contribution is 5.77. The van der Waals surface area contributed by atoms with E-state index in [-0.39, 0.29) is 36.8 Å². The highest BCUT2D eigenvalue weighted by Gasteiger charge is 2.38. The normalized spacial score (nSPS) is 16.0. The number of carbonyl (C=O) groups is 1. The van der Waals surface area contributed by atoms with Crippen molar-refractivity contribution in [1.82, 2.24) is 0 Å². The van der Waals surface area contributed by atoms with Gasteiger partial charge in [-0.2, -0.15) is 26.3 Å². The number of carboxylic acid groups (broad SMARTS) is 1. The molecule has 1 aromatic rings. The maximum absolute atomic E-state index is 13.1. The number of aliphatic carboxylic acids is 1. The van der Waals surface area contributed by atoms with E-state index >= 15 is 0 Å². The van der Waals surface area contributed by atoms with Gasteiger partial charge in [0, 0.05) is 0 Å². The fraction of sp³-hybridized carbons (Fsp3) is 0.611. The summed E-state index contributed by atoms with van der Waals surface area (Å²) in [5, 5.41) is 9.06. The van der Waals surface area contributed by atoms with Crippen molar-refractivity contribution in [2.75, 3.05) is 0 Å². The van der Waals surface area contributed by atoms with Gasteiger partial charge in [-0.1, -0.05) is 25.8 Å². The Morgan fingerprint density at radius 1 is 1.15 bits per heavy atom. The molecule has 0 aliphatic rings. The first-order chi connectivity index (χ1) is 12.2. The Morgan fingerprint density at radius 2 is 1.74 bits per heavy atom. The van der Waals surface area contributed by atoms with E-state index < -0.39 is 35.0 Å². The second kappa shape index (κ2) is 8.50. The number of rotatable bonds is 8. The summed E-state index contributed by atoms with van der Waals surface area (Å²) in [4.78, 5) is 11.1. The van der Waals surface area contributed by atoms with Crippen molar-refractivity contribution in [2.45, 2.75) is 63.8 Å². The maximum Gasteiger partial charge on any atom is 0.416 e. The van der Waals surface area contributed by atoms with Crippen LogP contribution in [-0.2, 0) is 23.6 Å². The fourth-order valence-electron chi connectivity index (χ4n) is 2.95. The van der Waals surface area contributed by atoms with Crippen LogP contribution in [0.2, 0.25) is 0 Å². The van der Waals surface area contributed by atoms with Crippen molar-refractivity contribution in [3.63, 3.8) is 0 Å². The first kappa shape index (κ1) is 23.3. The molecule has 27 heavy (non-hydrogen) atoms. The van der Waals surface area contributed by atoms with Gasteiger partial charge in [0.05, 0.1) is 11.1 Å². The quantitative estimate of drug-likeness (QED) is 0.586.